The Morgan fingerprint density at radius 3 is 1.97 bits per heavy atom. The Labute approximate surface area is 166 Å². The molecule has 1 heterocycles. The lowest BCUT2D eigenvalue weighted by Crippen LogP contribution is -2.34. The van der Waals surface area contributed by atoms with Crippen molar-refractivity contribution in [3.8, 4) is 18.2 Å². The summed E-state index contributed by atoms with van der Waals surface area (Å²) in [5, 5.41) is 45.8. The molecule has 0 atom stereocenters. The molecule has 0 aliphatic carbocycles. The predicted molar refractivity (Wildman–Crippen MR) is 99.9 cm³/mol. The van der Waals surface area contributed by atoms with Crippen molar-refractivity contribution in [3.63, 3.8) is 0 Å². The summed E-state index contributed by atoms with van der Waals surface area (Å²) in [6.45, 7) is 2.39. The maximum absolute atomic E-state index is 11.0. The van der Waals surface area contributed by atoms with Gasteiger partial charge >= 0.3 is 11.9 Å². The van der Waals surface area contributed by atoms with Gasteiger partial charge in [0.1, 0.15) is 42.5 Å². The van der Waals surface area contributed by atoms with Crippen molar-refractivity contribution in [3.05, 3.63) is 46.7 Å². The number of carboxylic acid groups (broad SMARTS) is 2. The molecule has 1 aromatic carbocycles. The van der Waals surface area contributed by atoms with Crippen LogP contribution in [0.5, 0.6) is 0 Å². The van der Waals surface area contributed by atoms with Gasteiger partial charge in [0.05, 0.1) is 0 Å². The summed E-state index contributed by atoms with van der Waals surface area (Å²) in [5.41, 5.74) is 0.158. The van der Waals surface area contributed by atoms with E-state index < -0.39 is 30.6 Å². The van der Waals surface area contributed by atoms with Crippen molar-refractivity contribution in [1.82, 2.24) is 0 Å². The lowest BCUT2D eigenvalue weighted by Gasteiger charge is -2.24. The van der Waals surface area contributed by atoms with Crippen molar-refractivity contribution in [2.45, 2.75) is 19.4 Å². The Bertz CT molecular complexity index is 1010. The van der Waals surface area contributed by atoms with Gasteiger partial charge in [-0.15, -0.1) is 0 Å². The molecule has 2 N–H and O–H groups in total. The van der Waals surface area contributed by atoms with Gasteiger partial charge in [0.15, 0.2) is 11.3 Å². The molecule has 146 valence electrons. The van der Waals surface area contributed by atoms with Crippen LogP contribution in [0.2, 0.25) is 0 Å². The van der Waals surface area contributed by atoms with Crippen molar-refractivity contribution in [2.24, 2.45) is 0 Å². The first-order chi connectivity index (χ1) is 13.6. The van der Waals surface area contributed by atoms with Gasteiger partial charge in [0.25, 0.3) is 0 Å². The molecule has 0 saturated carbocycles. The zero-order valence-electron chi connectivity index (χ0n) is 15.6. The van der Waals surface area contributed by atoms with Gasteiger partial charge < -0.3 is 19.8 Å². The van der Waals surface area contributed by atoms with Gasteiger partial charge in [-0.1, -0.05) is 12.1 Å². The van der Waals surface area contributed by atoms with Crippen LogP contribution in [0.3, 0.4) is 0 Å². The number of hydrogen-bond donors (Lipinski definition) is 2. The average molecular weight is 392 g/mol. The number of anilines is 1. The molecule has 0 unspecified atom stereocenters. The molecule has 1 aromatic rings. The van der Waals surface area contributed by atoms with Gasteiger partial charge in [-0.05, 0) is 31.5 Å². The lowest BCUT2D eigenvalue weighted by molar-refractivity contribution is -0.136. The second-order valence-corrected chi connectivity index (χ2v) is 6.59. The fraction of sp³-hybridized carbons (Fsp3) is 0.250. The number of benzene rings is 1. The standard InChI is InChI=1S/C20H16N4O5/c1-20(2)18(15(9-23)19(29-20)13(7-21)8-22)12-3-5-14(6-4-12)24(10-16(25)26)11-17(27)28/h3-6H,10-11H2,1-2H3,(H,25,26)(H,27,28). The first kappa shape index (κ1) is 21.0. The Morgan fingerprint density at radius 2 is 1.55 bits per heavy atom. The van der Waals surface area contributed by atoms with Crippen LogP contribution < -0.4 is 4.90 Å². The molecule has 0 fully saturated rings. The molecule has 0 radical (unpaired) electrons. The lowest BCUT2D eigenvalue weighted by atomic mass is 9.89. The molecule has 0 aromatic heterocycles. The van der Waals surface area contributed by atoms with Crippen LogP contribution in [0.1, 0.15) is 19.4 Å². The second kappa shape index (κ2) is 8.16. The van der Waals surface area contributed by atoms with Crippen LogP contribution in [0, 0.1) is 34.0 Å². The third-order valence-corrected chi connectivity index (χ3v) is 4.17. The maximum atomic E-state index is 11.0. The van der Waals surface area contributed by atoms with Crippen molar-refractivity contribution in [2.75, 3.05) is 18.0 Å². The summed E-state index contributed by atoms with van der Waals surface area (Å²) in [4.78, 5) is 23.2. The molecule has 0 bridgehead atoms. The molecule has 2 rings (SSSR count). The van der Waals surface area contributed by atoms with Crippen molar-refractivity contribution in [1.29, 1.82) is 15.8 Å². The van der Waals surface area contributed by atoms with E-state index in [9.17, 15) is 14.9 Å². The molecule has 1 aliphatic heterocycles. The number of hydrogen-bond acceptors (Lipinski definition) is 7. The quantitative estimate of drug-likeness (QED) is 0.691. The highest BCUT2D eigenvalue weighted by molar-refractivity contribution is 5.85. The number of carbonyl (C=O) groups is 2. The monoisotopic (exact) mass is 392 g/mol. The van der Waals surface area contributed by atoms with Gasteiger partial charge in [-0.25, -0.2) is 0 Å². The van der Waals surface area contributed by atoms with Crippen LogP contribution in [0.4, 0.5) is 5.69 Å². The minimum Gasteiger partial charge on any atom is -0.480 e. The first-order valence-corrected chi connectivity index (χ1v) is 8.32. The van der Waals surface area contributed by atoms with Crippen molar-refractivity contribution < 1.29 is 24.5 Å². The molecule has 0 spiro atoms. The van der Waals surface area contributed by atoms with Gasteiger partial charge in [0, 0.05) is 11.3 Å². The molecule has 9 heteroatoms. The minimum absolute atomic E-state index is 0.0637. The summed E-state index contributed by atoms with van der Waals surface area (Å²) < 4.78 is 5.72. The van der Waals surface area contributed by atoms with E-state index in [1.54, 1.807) is 38.1 Å². The molecule has 9 nitrogen and oxygen atoms in total. The molecule has 1 aliphatic rings. The predicted octanol–water partition coefficient (Wildman–Crippen LogP) is 2.05. The summed E-state index contributed by atoms with van der Waals surface area (Å²) in [6.07, 6.45) is 0. The maximum Gasteiger partial charge on any atom is 0.323 e. The topological polar surface area (TPSA) is 158 Å². The van der Waals surface area contributed by atoms with E-state index in [1.807, 2.05) is 6.07 Å². The average Bonchev–Trinajstić information content (AvgIpc) is 2.92. The molecular weight excluding hydrogens is 376 g/mol. The number of nitrogens with zero attached hydrogens (tertiary/aromatic N) is 4. The summed E-state index contributed by atoms with van der Waals surface area (Å²) in [5.74, 6) is -2.43. The van der Waals surface area contributed by atoms with Crippen LogP contribution in [-0.4, -0.2) is 40.8 Å². The van der Waals surface area contributed by atoms with E-state index in [4.69, 9.17) is 25.5 Å². The number of ether oxygens (including phenoxy) is 1. The van der Waals surface area contributed by atoms with E-state index in [1.165, 1.54) is 17.0 Å². The highest BCUT2D eigenvalue weighted by atomic mass is 16.5. The largest absolute Gasteiger partial charge is 0.480 e. The van der Waals surface area contributed by atoms with Crippen molar-refractivity contribution >= 4 is 23.2 Å². The molecule has 0 amide bonds. The highest BCUT2D eigenvalue weighted by Gasteiger charge is 2.40. The van der Waals surface area contributed by atoms with E-state index in [-0.39, 0.29) is 16.9 Å². The van der Waals surface area contributed by atoms with E-state index in [0.29, 0.717) is 16.8 Å². The van der Waals surface area contributed by atoms with Crippen LogP contribution in [-0.2, 0) is 14.3 Å². The Kier molecular flexibility index (Phi) is 5.91. The van der Waals surface area contributed by atoms with E-state index >= 15 is 0 Å². The summed E-state index contributed by atoms with van der Waals surface area (Å²) >= 11 is 0. The van der Waals surface area contributed by atoms with Gasteiger partial charge in [-0.2, -0.15) is 15.8 Å². The van der Waals surface area contributed by atoms with Crippen LogP contribution in [0.15, 0.2) is 41.2 Å². The highest BCUT2D eigenvalue weighted by Crippen LogP contribution is 2.45. The Hall–Kier alpha value is -4.29. The Balaban J connectivity index is 2.55. The number of carboxylic acids is 2. The van der Waals surface area contributed by atoms with E-state index in [2.05, 4.69) is 0 Å². The summed E-state index contributed by atoms with van der Waals surface area (Å²) in [7, 11) is 0. The molecular formula is C20H16N4O5. The van der Waals surface area contributed by atoms with Gasteiger partial charge in [0.2, 0.25) is 0 Å². The number of allylic oxidation sites excluding steroid dienone is 2. The number of aliphatic carboxylic acids is 2. The number of nitriles is 3. The smallest absolute Gasteiger partial charge is 0.323 e. The second-order valence-electron chi connectivity index (χ2n) is 6.59. The summed E-state index contributed by atoms with van der Waals surface area (Å²) in [6, 6.07) is 11.7. The fourth-order valence-corrected chi connectivity index (χ4v) is 3.08. The Morgan fingerprint density at radius 1 is 1.03 bits per heavy atom. The normalized spacial score (nSPS) is 14.2. The fourth-order valence-electron chi connectivity index (χ4n) is 3.08. The van der Waals surface area contributed by atoms with E-state index in [0.717, 1.165) is 0 Å². The zero-order valence-corrected chi connectivity index (χ0v) is 15.6. The van der Waals surface area contributed by atoms with Crippen LogP contribution >= 0.6 is 0 Å². The van der Waals surface area contributed by atoms with Crippen LogP contribution in [0.25, 0.3) is 5.57 Å². The molecule has 29 heavy (non-hydrogen) atoms. The third-order valence-electron chi connectivity index (χ3n) is 4.17. The first-order valence-electron chi connectivity index (χ1n) is 8.32. The minimum atomic E-state index is -1.18. The SMILES string of the molecule is CC1(C)OC(=C(C#N)C#N)C(C#N)=C1c1ccc(N(CC(=O)O)CC(=O)O)cc1. The number of rotatable bonds is 6. The van der Waals surface area contributed by atoms with Gasteiger partial charge in [-0.3, -0.25) is 9.59 Å². The third kappa shape index (κ3) is 4.35. The molecule has 0 saturated heterocycles. The zero-order chi connectivity index (χ0) is 21.8.